The van der Waals surface area contributed by atoms with Crippen molar-refractivity contribution in [2.24, 2.45) is 0 Å². The van der Waals surface area contributed by atoms with Crippen LogP contribution in [0.4, 0.5) is 4.39 Å². The van der Waals surface area contributed by atoms with Gasteiger partial charge in [0.1, 0.15) is 16.8 Å². The SMILES string of the molecule is COc1ccc(S(=O)(=O)C(CNC(=O)/C=C/c2ccc(F)cc2)c2cccnc2)cc1. The molecule has 160 valence electrons. The van der Waals surface area contributed by atoms with Crippen LogP contribution in [0.15, 0.2) is 84.0 Å². The first-order chi connectivity index (χ1) is 14.9. The number of methoxy groups -OCH3 is 1. The third-order valence-corrected chi connectivity index (χ3v) is 6.69. The molecule has 3 rings (SSSR count). The van der Waals surface area contributed by atoms with Crippen LogP contribution in [0.2, 0.25) is 0 Å². The Bertz CT molecular complexity index is 1150. The number of carbonyl (C=O) groups is 1. The third-order valence-electron chi connectivity index (χ3n) is 4.58. The van der Waals surface area contributed by atoms with Crippen LogP contribution < -0.4 is 10.1 Å². The number of benzene rings is 2. The van der Waals surface area contributed by atoms with Gasteiger partial charge in [0, 0.05) is 25.0 Å². The van der Waals surface area contributed by atoms with Gasteiger partial charge < -0.3 is 10.1 Å². The van der Waals surface area contributed by atoms with Crippen LogP contribution in [0.25, 0.3) is 6.08 Å². The minimum absolute atomic E-state index is 0.109. The Balaban J connectivity index is 1.79. The summed E-state index contributed by atoms with van der Waals surface area (Å²) < 4.78 is 44.6. The van der Waals surface area contributed by atoms with Crippen LogP contribution in [0.5, 0.6) is 5.75 Å². The molecule has 2 aromatic carbocycles. The first-order valence-electron chi connectivity index (χ1n) is 9.39. The average Bonchev–Trinajstić information content (AvgIpc) is 2.79. The molecule has 3 aromatic rings. The van der Waals surface area contributed by atoms with Crippen molar-refractivity contribution in [3.8, 4) is 5.75 Å². The van der Waals surface area contributed by atoms with Gasteiger partial charge in [-0.15, -0.1) is 0 Å². The maximum Gasteiger partial charge on any atom is 0.244 e. The van der Waals surface area contributed by atoms with Gasteiger partial charge >= 0.3 is 0 Å². The predicted octanol–water partition coefficient (Wildman–Crippen LogP) is 3.57. The molecule has 31 heavy (non-hydrogen) atoms. The Hall–Kier alpha value is -3.52. The molecule has 0 fully saturated rings. The predicted molar refractivity (Wildman–Crippen MR) is 116 cm³/mol. The molecule has 0 spiro atoms. The zero-order valence-corrected chi connectivity index (χ0v) is 17.6. The van der Waals surface area contributed by atoms with Crippen LogP contribution >= 0.6 is 0 Å². The standard InChI is InChI=1S/C23H21FN2O4S/c1-30-20-9-11-21(12-10-20)31(28,29)22(18-3-2-14-25-15-18)16-26-23(27)13-6-17-4-7-19(24)8-5-17/h2-15,22H,16H2,1H3,(H,26,27)/b13-6+. The summed E-state index contributed by atoms with van der Waals surface area (Å²) in [4.78, 5) is 16.4. The average molecular weight is 440 g/mol. The molecule has 1 aromatic heterocycles. The first-order valence-corrected chi connectivity index (χ1v) is 10.9. The largest absolute Gasteiger partial charge is 0.497 e. The van der Waals surface area contributed by atoms with E-state index in [4.69, 9.17) is 4.74 Å². The van der Waals surface area contributed by atoms with Crippen molar-refractivity contribution < 1.29 is 22.3 Å². The highest BCUT2D eigenvalue weighted by molar-refractivity contribution is 7.91. The summed E-state index contributed by atoms with van der Waals surface area (Å²) in [5.41, 5.74) is 1.10. The van der Waals surface area contributed by atoms with Crippen molar-refractivity contribution in [2.45, 2.75) is 10.1 Å². The zero-order chi connectivity index (χ0) is 22.3. The minimum Gasteiger partial charge on any atom is -0.497 e. The fourth-order valence-corrected chi connectivity index (χ4v) is 4.55. The number of amides is 1. The second kappa shape index (κ2) is 9.99. The van der Waals surface area contributed by atoms with Crippen molar-refractivity contribution in [3.63, 3.8) is 0 Å². The Morgan fingerprint density at radius 2 is 1.84 bits per heavy atom. The molecule has 0 aliphatic rings. The molecule has 1 atom stereocenters. The molecule has 8 heteroatoms. The van der Waals surface area contributed by atoms with E-state index in [1.807, 2.05) is 0 Å². The highest BCUT2D eigenvalue weighted by Gasteiger charge is 2.29. The number of halogens is 1. The maximum absolute atomic E-state index is 13.3. The number of pyridine rings is 1. The van der Waals surface area contributed by atoms with E-state index >= 15 is 0 Å². The zero-order valence-electron chi connectivity index (χ0n) is 16.7. The van der Waals surface area contributed by atoms with Crippen molar-refractivity contribution >= 4 is 21.8 Å². The van der Waals surface area contributed by atoms with E-state index in [1.165, 1.54) is 61.9 Å². The monoisotopic (exact) mass is 440 g/mol. The number of nitrogens with zero attached hydrogens (tertiary/aromatic N) is 1. The number of ether oxygens (including phenoxy) is 1. The molecule has 1 heterocycles. The lowest BCUT2D eigenvalue weighted by molar-refractivity contribution is -0.116. The molecule has 6 nitrogen and oxygen atoms in total. The maximum atomic E-state index is 13.3. The van der Waals surface area contributed by atoms with E-state index in [-0.39, 0.29) is 17.3 Å². The summed E-state index contributed by atoms with van der Waals surface area (Å²) >= 11 is 0. The van der Waals surface area contributed by atoms with Gasteiger partial charge in [-0.3, -0.25) is 9.78 Å². The van der Waals surface area contributed by atoms with Crippen molar-refractivity contribution in [1.29, 1.82) is 0 Å². The normalized spacial score (nSPS) is 12.5. The van der Waals surface area contributed by atoms with Gasteiger partial charge in [0.25, 0.3) is 0 Å². The minimum atomic E-state index is -3.82. The fourth-order valence-electron chi connectivity index (χ4n) is 2.90. The second-order valence-corrected chi connectivity index (χ2v) is 8.76. The molecule has 0 aliphatic heterocycles. The third kappa shape index (κ3) is 5.76. The van der Waals surface area contributed by atoms with Gasteiger partial charge in [-0.05, 0) is 59.7 Å². The number of aromatic nitrogens is 1. The van der Waals surface area contributed by atoms with E-state index < -0.39 is 21.0 Å². The molecule has 1 unspecified atom stereocenters. The first kappa shape index (κ1) is 22.2. The van der Waals surface area contributed by atoms with Crippen LogP contribution in [0.1, 0.15) is 16.4 Å². The van der Waals surface area contributed by atoms with Gasteiger partial charge in [0.05, 0.1) is 12.0 Å². The van der Waals surface area contributed by atoms with Crippen LogP contribution in [-0.4, -0.2) is 33.0 Å². The van der Waals surface area contributed by atoms with E-state index in [2.05, 4.69) is 10.3 Å². The van der Waals surface area contributed by atoms with E-state index in [9.17, 15) is 17.6 Å². The molecule has 0 saturated heterocycles. The van der Waals surface area contributed by atoms with Gasteiger partial charge in [-0.1, -0.05) is 18.2 Å². The van der Waals surface area contributed by atoms with Gasteiger partial charge in [-0.25, -0.2) is 12.8 Å². The lowest BCUT2D eigenvalue weighted by atomic mass is 10.2. The van der Waals surface area contributed by atoms with Gasteiger partial charge in [0.2, 0.25) is 5.91 Å². The fraction of sp³-hybridized carbons (Fsp3) is 0.130. The molecule has 0 bridgehead atoms. The lowest BCUT2D eigenvalue weighted by Crippen LogP contribution is -2.31. The number of sulfone groups is 1. The second-order valence-electron chi connectivity index (χ2n) is 6.63. The van der Waals surface area contributed by atoms with Crippen molar-refractivity contribution in [3.05, 3.63) is 96.1 Å². The summed E-state index contributed by atoms with van der Waals surface area (Å²) in [5.74, 6) is -0.302. The molecule has 0 aliphatic carbocycles. The summed E-state index contributed by atoms with van der Waals surface area (Å²) in [7, 11) is -2.33. The molecular formula is C23H21FN2O4S. The lowest BCUT2D eigenvalue weighted by Gasteiger charge is -2.18. The summed E-state index contributed by atoms with van der Waals surface area (Å²) in [6.07, 6.45) is 5.80. The highest BCUT2D eigenvalue weighted by atomic mass is 32.2. The number of rotatable bonds is 8. The summed E-state index contributed by atoms with van der Waals surface area (Å²) in [6, 6.07) is 15.0. The Morgan fingerprint density at radius 1 is 1.13 bits per heavy atom. The number of hydrogen-bond donors (Lipinski definition) is 1. The summed E-state index contributed by atoms with van der Waals surface area (Å²) in [5, 5.41) is 1.60. The van der Waals surface area contributed by atoms with E-state index in [0.29, 0.717) is 16.9 Å². The Labute approximate surface area is 180 Å². The number of carbonyl (C=O) groups excluding carboxylic acids is 1. The Kier molecular flexibility index (Phi) is 7.15. The number of hydrogen-bond acceptors (Lipinski definition) is 5. The van der Waals surface area contributed by atoms with Gasteiger partial charge in [-0.2, -0.15) is 0 Å². The van der Waals surface area contributed by atoms with Crippen molar-refractivity contribution in [2.75, 3.05) is 13.7 Å². The summed E-state index contributed by atoms with van der Waals surface area (Å²) in [6.45, 7) is -0.146. The van der Waals surface area contributed by atoms with Crippen LogP contribution in [0.3, 0.4) is 0 Å². The number of nitrogens with one attached hydrogen (secondary N) is 1. The molecular weight excluding hydrogens is 419 g/mol. The molecule has 0 saturated carbocycles. The van der Waals surface area contributed by atoms with Crippen LogP contribution in [0, 0.1) is 5.82 Å². The van der Waals surface area contributed by atoms with E-state index in [1.54, 1.807) is 30.5 Å². The van der Waals surface area contributed by atoms with Crippen molar-refractivity contribution in [1.82, 2.24) is 10.3 Å². The quantitative estimate of drug-likeness (QED) is 0.541. The van der Waals surface area contributed by atoms with Gasteiger partial charge in [0.15, 0.2) is 9.84 Å². The Morgan fingerprint density at radius 3 is 2.45 bits per heavy atom. The highest BCUT2D eigenvalue weighted by Crippen LogP contribution is 2.29. The van der Waals surface area contributed by atoms with E-state index in [0.717, 1.165) is 0 Å². The van der Waals surface area contributed by atoms with Crippen LogP contribution in [-0.2, 0) is 14.6 Å². The molecule has 1 amide bonds. The smallest absolute Gasteiger partial charge is 0.244 e. The topological polar surface area (TPSA) is 85.4 Å². The molecule has 1 N–H and O–H groups in total. The molecule has 0 radical (unpaired) electrons.